The van der Waals surface area contributed by atoms with Gasteiger partial charge >= 0.3 is 0 Å². The van der Waals surface area contributed by atoms with E-state index in [-0.39, 0.29) is 0 Å². The zero-order chi connectivity index (χ0) is 9.26. The van der Waals surface area contributed by atoms with Crippen LogP contribution in [0.1, 0.15) is 24.3 Å². The summed E-state index contributed by atoms with van der Waals surface area (Å²) in [6.45, 7) is 0.807. The molecule has 1 nitrogen and oxygen atoms in total. The fourth-order valence-electron chi connectivity index (χ4n) is 1.93. The highest BCUT2D eigenvalue weighted by atomic mass is 35.5. The highest BCUT2D eigenvalue weighted by Gasteiger charge is 2.37. The van der Waals surface area contributed by atoms with Crippen LogP contribution < -0.4 is 5.73 Å². The van der Waals surface area contributed by atoms with E-state index in [0.29, 0.717) is 0 Å². The molecule has 0 aliphatic heterocycles. The smallest absolute Gasteiger partial charge is 0.0408 e. The lowest BCUT2D eigenvalue weighted by Crippen LogP contribution is -1.99. The lowest BCUT2D eigenvalue weighted by molar-refractivity contribution is 0.715. The second-order valence-electron chi connectivity index (χ2n) is 3.73. The van der Waals surface area contributed by atoms with Crippen LogP contribution in [0, 0.1) is 5.92 Å². The van der Waals surface area contributed by atoms with Gasteiger partial charge in [0.25, 0.3) is 0 Å². The summed E-state index contributed by atoms with van der Waals surface area (Å²) in [5.41, 5.74) is 6.89. The Bertz CT molecular complexity index is 298. The van der Waals surface area contributed by atoms with Gasteiger partial charge in [-0.05, 0) is 48.9 Å². The van der Waals surface area contributed by atoms with Gasteiger partial charge in [0.15, 0.2) is 0 Å². The van der Waals surface area contributed by atoms with E-state index in [1.54, 1.807) is 0 Å². The fraction of sp³-hybridized carbons (Fsp3) is 0.455. The van der Waals surface area contributed by atoms with Crippen molar-refractivity contribution in [2.75, 3.05) is 6.54 Å². The van der Waals surface area contributed by atoms with Crippen LogP contribution in [-0.2, 0) is 0 Å². The van der Waals surface area contributed by atoms with Gasteiger partial charge in [-0.15, -0.1) is 0 Å². The summed E-state index contributed by atoms with van der Waals surface area (Å²) in [5, 5.41) is 0.843. The Morgan fingerprint density at radius 1 is 1.46 bits per heavy atom. The van der Waals surface area contributed by atoms with Crippen molar-refractivity contribution in [1.82, 2.24) is 0 Å². The normalized spacial score (nSPS) is 26.0. The molecule has 0 radical (unpaired) electrons. The van der Waals surface area contributed by atoms with Crippen molar-refractivity contribution >= 4 is 11.6 Å². The molecule has 1 aliphatic rings. The first-order valence-corrected chi connectivity index (χ1v) is 5.14. The number of nitrogens with two attached hydrogens (primary N) is 1. The summed E-state index contributed by atoms with van der Waals surface area (Å²) in [4.78, 5) is 0. The molecule has 2 N–H and O–H groups in total. The Morgan fingerprint density at radius 3 is 3.00 bits per heavy atom. The van der Waals surface area contributed by atoms with Crippen LogP contribution in [0.15, 0.2) is 24.3 Å². The molecular formula is C11H14ClN. The van der Waals surface area contributed by atoms with Gasteiger partial charge in [0.2, 0.25) is 0 Å². The van der Waals surface area contributed by atoms with Crippen molar-refractivity contribution in [1.29, 1.82) is 0 Å². The molecule has 0 bridgehead atoms. The fourth-order valence-corrected chi connectivity index (χ4v) is 2.12. The molecule has 1 aromatic carbocycles. The summed E-state index contributed by atoms with van der Waals surface area (Å²) in [7, 11) is 0. The van der Waals surface area contributed by atoms with Gasteiger partial charge in [0.1, 0.15) is 0 Å². The Balaban J connectivity index is 2.03. The molecule has 0 spiro atoms. The zero-order valence-corrected chi connectivity index (χ0v) is 8.30. The predicted molar refractivity (Wildman–Crippen MR) is 56.0 cm³/mol. The lowest BCUT2D eigenvalue weighted by Gasteiger charge is -1.99. The number of hydrogen-bond acceptors (Lipinski definition) is 1. The first-order valence-electron chi connectivity index (χ1n) is 4.77. The highest BCUT2D eigenvalue weighted by Crippen LogP contribution is 2.49. The Labute approximate surface area is 83.9 Å². The number of hydrogen-bond donors (Lipinski definition) is 1. The molecule has 0 aromatic heterocycles. The molecule has 2 atom stereocenters. The quantitative estimate of drug-likeness (QED) is 0.789. The van der Waals surface area contributed by atoms with Crippen molar-refractivity contribution in [2.24, 2.45) is 11.7 Å². The van der Waals surface area contributed by atoms with E-state index >= 15 is 0 Å². The third-order valence-corrected chi connectivity index (χ3v) is 2.97. The molecular weight excluding hydrogens is 182 g/mol. The molecule has 70 valence electrons. The molecule has 0 heterocycles. The van der Waals surface area contributed by atoms with E-state index in [2.05, 4.69) is 12.1 Å². The van der Waals surface area contributed by atoms with Crippen molar-refractivity contribution in [2.45, 2.75) is 18.8 Å². The minimum atomic E-state index is 0.724. The van der Waals surface area contributed by atoms with E-state index in [1.807, 2.05) is 12.1 Å². The minimum Gasteiger partial charge on any atom is -0.330 e. The van der Waals surface area contributed by atoms with Gasteiger partial charge in [0.05, 0.1) is 0 Å². The van der Waals surface area contributed by atoms with Crippen LogP contribution in [0.2, 0.25) is 5.02 Å². The number of halogens is 1. The molecule has 13 heavy (non-hydrogen) atoms. The average molecular weight is 196 g/mol. The molecule has 1 aliphatic carbocycles. The molecule has 0 saturated heterocycles. The Morgan fingerprint density at radius 2 is 2.31 bits per heavy atom. The van der Waals surface area contributed by atoms with Crippen LogP contribution in [-0.4, -0.2) is 6.54 Å². The lowest BCUT2D eigenvalue weighted by atomic mass is 10.1. The van der Waals surface area contributed by atoms with Gasteiger partial charge < -0.3 is 5.73 Å². The summed E-state index contributed by atoms with van der Waals surface area (Å²) >= 11 is 5.92. The summed E-state index contributed by atoms with van der Waals surface area (Å²) in [6, 6.07) is 8.18. The van der Waals surface area contributed by atoms with Crippen molar-refractivity contribution in [3.8, 4) is 0 Å². The molecule has 1 fully saturated rings. The Kier molecular flexibility index (Phi) is 2.56. The number of rotatable bonds is 3. The summed E-state index contributed by atoms with van der Waals surface area (Å²) in [5.74, 6) is 1.53. The van der Waals surface area contributed by atoms with Gasteiger partial charge in [0, 0.05) is 5.02 Å². The maximum atomic E-state index is 5.92. The molecule has 2 heteroatoms. The maximum absolute atomic E-state index is 5.92. The minimum absolute atomic E-state index is 0.724. The first-order chi connectivity index (χ1) is 6.31. The van der Waals surface area contributed by atoms with Crippen LogP contribution in [0.3, 0.4) is 0 Å². The van der Waals surface area contributed by atoms with Crippen LogP contribution in [0.25, 0.3) is 0 Å². The zero-order valence-electron chi connectivity index (χ0n) is 7.54. The van der Waals surface area contributed by atoms with Gasteiger partial charge in [-0.1, -0.05) is 23.7 Å². The SMILES string of the molecule is NCCC1CC1c1cccc(Cl)c1. The van der Waals surface area contributed by atoms with Gasteiger partial charge in [-0.3, -0.25) is 0 Å². The van der Waals surface area contributed by atoms with E-state index in [0.717, 1.165) is 29.8 Å². The van der Waals surface area contributed by atoms with E-state index in [4.69, 9.17) is 17.3 Å². The van der Waals surface area contributed by atoms with Crippen molar-refractivity contribution in [3.05, 3.63) is 34.9 Å². The molecule has 0 amide bonds. The highest BCUT2D eigenvalue weighted by molar-refractivity contribution is 6.30. The largest absolute Gasteiger partial charge is 0.330 e. The molecule has 2 rings (SSSR count). The van der Waals surface area contributed by atoms with E-state index in [9.17, 15) is 0 Å². The predicted octanol–water partition coefficient (Wildman–Crippen LogP) is 2.79. The Hall–Kier alpha value is -0.530. The van der Waals surface area contributed by atoms with Gasteiger partial charge in [-0.2, -0.15) is 0 Å². The van der Waals surface area contributed by atoms with E-state index < -0.39 is 0 Å². The third kappa shape index (κ3) is 2.04. The maximum Gasteiger partial charge on any atom is 0.0408 e. The van der Waals surface area contributed by atoms with E-state index in [1.165, 1.54) is 12.0 Å². The van der Waals surface area contributed by atoms with Crippen LogP contribution in [0.4, 0.5) is 0 Å². The average Bonchev–Trinajstić information content (AvgIpc) is 2.85. The summed E-state index contributed by atoms with van der Waals surface area (Å²) in [6.07, 6.45) is 2.44. The number of benzene rings is 1. The van der Waals surface area contributed by atoms with Crippen LogP contribution >= 0.6 is 11.6 Å². The van der Waals surface area contributed by atoms with Crippen molar-refractivity contribution in [3.63, 3.8) is 0 Å². The molecule has 1 saturated carbocycles. The standard InChI is InChI=1S/C11H14ClN/c12-10-3-1-2-8(6-10)11-7-9(11)4-5-13/h1-3,6,9,11H,4-5,7,13H2. The third-order valence-electron chi connectivity index (χ3n) is 2.74. The van der Waals surface area contributed by atoms with Gasteiger partial charge in [-0.25, -0.2) is 0 Å². The molecule has 1 aromatic rings. The monoisotopic (exact) mass is 195 g/mol. The second-order valence-corrected chi connectivity index (χ2v) is 4.17. The summed E-state index contributed by atoms with van der Waals surface area (Å²) < 4.78 is 0. The molecule has 2 unspecified atom stereocenters. The topological polar surface area (TPSA) is 26.0 Å². The first kappa shape index (κ1) is 9.04. The van der Waals surface area contributed by atoms with Crippen molar-refractivity contribution < 1.29 is 0 Å². The second kappa shape index (κ2) is 3.69. The van der Waals surface area contributed by atoms with Crippen LogP contribution in [0.5, 0.6) is 0 Å².